The quantitative estimate of drug-likeness (QED) is 0.654. The third kappa shape index (κ3) is 3.10. The maximum atomic E-state index is 11.9. The molecule has 0 saturated heterocycles. The first-order valence-electron chi connectivity index (χ1n) is 5.66. The summed E-state index contributed by atoms with van der Waals surface area (Å²) in [5.74, 6) is -0.0321. The third-order valence-corrected chi connectivity index (χ3v) is 3.89. The standard InChI is InChI=1S/C13H14IN3O/c1-9(6-14)17-13(18)11-4-2-10(3-5-11)12-7-15-8-16-12/h2-5,7-9H,6H2,1H3,(H,15,16)(H,17,18)/t9-/m1/s1. The Morgan fingerprint density at radius 2 is 2.17 bits per heavy atom. The van der Waals surface area contributed by atoms with E-state index >= 15 is 0 Å². The van der Waals surface area contributed by atoms with Crippen molar-refractivity contribution in [2.24, 2.45) is 0 Å². The van der Waals surface area contributed by atoms with Crippen LogP contribution in [0.25, 0.3) is 11.3 Å². The Kier molecular flexibility index (Phi) is 4.35. The van der Waals surface area contributed by atoms with E-state index in [0.717, 1.165) is 15.7 Å². The lowest BCUT2D eigenvalue weighted by atomic mass is 10.1. The predicted octanol–water partition coefficient (Wildman–Crippen LogP) is 2.63. The molecule has 0 radical (unpaired) electrons. The van der Waals surface area contributed by atoms with Gasteiger partial charge in [-0.1, -0.05) is 34.7 Å². The zero-order chi connectivity index (χ0) is 13.0. The highest BCUT2D eigenvalue weighted by atomic mass is 127. The predicted molar refractivity (Wildman–Crippen MR) is 79.8 cm³/mol. The number of H-pyrrole nitrogens is 1. The summed E-state index contributed by atoms with van der Waals surface area (Å²) < 4.78 is 0.899. The first kappa shape index (κ1) is 13.1. The van der Waals surface area contributed by atoms with Crippen LogP contribution < -0.4 is 5.32 Å². The van der Waals surface area contributed by atoms with Gasteiger partial charge in [-0.25, -0.2) is 4.98 Å². The Hall–Kier alpha value is -1.37. The Balaban J connectivity index is 2.10. The molecule has 1 atom stereocenters. The number of hydrogen-bond donors (Lipinski definition) is 2. The van der Waals surface area contributed by atoms with E-state index in [1.54, 1.807) is 12.5 Å². The number of alkyl halides is 1. The van der Waals surface area contributed by atoms with E-state index < -0.39 is 0 Å². The molecule has 18 heavy (non-hydrogen) atoms. The van der Waals surface area contributed by atoms with Gasteiger partial charge in [0.25, 0.3) is 5.91 Å². The minimum Gasteiger partial charge on any atom is -0.349 e. The van der Waals surface area contributed by atoms with Gasteiger partial charge in [0.05, 0.1) is 18.2 Å². The van der Waals surface area contributed by atoms with Gasteiger partial charge in [-0.2, -0.15) is 0 Å². The fourth-order valence-electron chi connectivity index (χ4n) is 1.56. The van der Waals surface area contributed by atoms with E-state index in [4.69, 9.17) is 0 Å². The fourth-order valence-corrected chi connectivity index (χ4v) is 1.78. The normalized spacial score (nSPS) is 12.1. The molecule has 2 rings (SSSR count). The second kappa shape index (κ2) is 5.99. The number of aromatic nitrogens is 2. The Bertz CT molecular complexity index is 508. The number of carbonyl (C=O) groups excluding carboxylic acids is 1. The van der Waals surface area contributed by atoms with Crippen molar-refractivity contribution in [3.05, 3.63) is 42.4 Å². The average Bonchev–Trinajstić information content (AvgIpc) is 2.92. The summed E-state index contributed by atoms with van der Waals surface area (Å²) in [6.45, 7) is 1.99. The van der Waals surface area contributed by atoms with Crippen molar-refractivity contribution in [3.8, 4) is 11.3 Å². The SMILES string of the molecule is C[C@H](CI)NC(=O)c1ccc(-c2cnc[nH]2)cc1. The molecule has 5 heteroatoms. The number of carbonyl (C=O) groups is 1. The maximum absolute atomic E-state index is 11.9. The lowest BCUT2D eigenvalue weighted by Gasteiger charge is -2.10. The molecule has 0 aliphatic heterocycles. The summed E-state index contributed by atoms with van der Waals surface area (Å²) in [6, 6.07) is 7.66. The van der Waals surface area contributed by atoms with Crippen molar-refractivity contribution in [2.75, 3.05) is 4.43 Å². The van der Waals surface area contributed by atoms with Crippen molar-refractivity contribution in [1.82, 2.24) is 15.3 Å². The lowest BCUT2D eigenvalue weighted by molar-refractivity contribution is 0.0944. The molecule has 0 spiro atoms. The first-order chi connectivity index (χ1) is 8.70. The molecule has 0 bridgehead atoms. The van der Waals surface area contributed by atoms with Crippen LogP contribution in [0.5, 0.6) is 0 Å². The van der Waals surface area contributed by atoms with Gasteiger partial charge < -0.3 is 10.3 Å². The highest BCUT2D eigenvalue weighted by Crippen LogP contribution is 2.16. The molecule has 2 aromatic rings. The molecule has 1 heterocycles. The van der Waals surface area contributed by atoms with E-state index in [1.807, 2.05) is 31.2 Å². The molecule has 2 N–H and O–H groups in total. The van der Waals surface area contributed by atoms with Gasteiger partial charge in [-0.15, -0.1) is 0 Å². The number of rotatable bonds is 4. The monoisotopic (exact) mass is 355 g/mol. The molecule has 1 aromatic carbocycles. The second-order valence-electron chi connectivity index (χ2n) is 4.07. The number of nitrogens with zero attached hydrogens (tertiary/aromatic N) is 1. The van der Waals surface area contributed by atoms with Gasteiger partial charge in [0.1, 0.15) is 0 Å². The molecule has 0 saturated carbocycles. The summed E-state index contributed by atoms with van der Waals surface area (Å²) in [6.07, 6.45) is 3.39. The van der Waals surface area contributed by atoms with Gasteiger partial charge >= 0.3 is 0 Å². The smallest absolute Gasteiger partial charge is 0.251 e. The molecular weight excluding hydrogens is 341 g/mol. The van der Waals surface area contributed by atoms with Gasteiger partial charge in [-0.05, 0) is 24.6 Å². The number of aromatic amines is 1. The van der Waals surface area contributed by atoms with Crippen molar-refractivity contribution >= 4 is 28.5 Å². The van der Waals surface area contributed by atoms with Crippen LogP contribution in [-0.4, -0.2) is 26.3 Å². The van der Waals surface area contributed by atoms with Crippen LogP contribution >= 0.6 is 22.6 Å². The van der Waals surface area contributed by atoms with E-state index in [-0.39, 0.29) is 11.9 Å². The van der Waals surface area contributed by atoms with Crippen molar-refractivity contribution < 1.29 is 4.79 Å². The number of nitrogens with one attached hydrogen (secondary N) is 2. The van der Waals surface area contributed by atoms with Crippen LogP contribution in [0.1, 0.15) is 17.3 Å². The van der Waals surface area contributed by atoms with Gasteiger partial charge in [0, 0.05) is 16.0 Å². The minimum absolute atomic E-state index is 0.0321. The highest BCUT2D eigenvalue weighted by molar-refractivity contribution is 14.1. The average molecular weight is 355 g/mol. The van der Waals surface area contributed by atoms with E-state index in [1.165, 1.54) is 0 Å². The zero-order valence-corrected chi connectivity index (χ0v) is 12.1. The van der Waals surface area contributed by atoms with Crippen LogP contribution in [0.2, 0.25) is 0 Å². The number of hydrogen-bond acceptors (Lipinski definition) is 2. The maximum Gasteiger partial charge on any atom is 0.251 e. The van der Waals surface area contributed by atoms with E-state index in [9.17, 15) is 4.79 Å². The topological polar surface area (TPSA) is 57.8 Å². The molecule has 0 unspecified atom stereocenters. The van der Waals surface area contributed by atoms with E-state index in [2.05, 4.69) is 37.9 Å². The number of amides is 1. The molecule has 1 aromatic heterocycles. The molecule has 0 fully saturated rings. The Morgan fingerprint density at radius 3 is 2.72 bits per heavy atom. The van der Waals surface area contributed by atoms with Crippen molar-refractivity contribution in [3.63, 3.8) is 0 Å². The number of benzene rings is 1. The molecule has 1 amide bonds. The second-order valence-corrected chi connectivity index (χ2v) is 4.95. The summed E-state index contributed by atoms with van der Waals surface area (Å²) in [4.78, 5) is 18.9. The van der Waals surface area contributed by atoms with Gasteiger partial charge in [-0.3, -0.25) is 4.79 Å². The molecule has 0 aliphatic carbocycles. The third-order valence-electron chi connectivity index (χ3n) is 2.57. The van der Waals surface area contributed by atoms with Crippen LogP contribution in [0, 0.1) is 0 Å². The molecular formula is C13H14IN3O. The molecule has 0 aliphatic rings. The van der Waals surface area contributed by atoms with Crippen LogP contribution in [0.15, 0.2) is 36.8 Å². The fraction of sp³-hybridized carbons (Fsp3) is 0.231. The van der Waals surface area contributed by atoms with Crippen LogP contribution in [0.3, 0.4) is 0 Å². The van der Waals surface area contributed by atoms with Gasteiger partial charge in [0.2, 0.25) is 0 Å². The Morgan fingerprint density at radius 1 is 1.44 bits per heavy atom. The highest BCUT2D eigenvalue weighted by Gasteiger charge is 2.08. The van der Waals surface area contributed by atoms with Crippen molar-refractivity contribution in [2.45, 2.75) is 13.0 Å². The van der Waals surface area contributed by atoms with E-state index in [0.29, 0.717) is 5.56 Å². The van der Waals surface area contributed by atoms with Crippen LogP contribution in [0.4, 0.5) is 0 Å². The number of imidazole rings is 1. The van der Waals surface area contributed by atoms with Crippen LogP contribution in [-0.2, 0) is 0 Å². The summed E-state index contributed by atoms with van der Waals surface area (Å²) in [5.41, 5.74) is 2.64. The van der Waals surface area contributed by atoms with Gasteiger partial charge in [0.15, 0.2) is 0 Å². The molecule has 94 valence electrons. The number of halogens is 1. The lowest BCUT2D eigenvalue weighted by Crippen LogP contribution is -2.33. The summed E-state index contributed by atoms with van der Waals surface area (Å²) >= 11 is 2.25. The summed E-state index contributed by atoms with van der Waals surface area (Å²) in [5, 5.41) is 2.93. The van der Waals surface area contributed by atoms with Crippen molar-refractivity contribution in [1.29, 1.82) is 0 Å². The summed E-state index contributed by atoms with van der Waals surface area (Å²) in [7, 11) is 0. The first-order valence-corrected chi connectivity index (χ1v) is 7.19. The zero-order valence-electron chi connectivity index (χ0n) is 9.98. The largest absolute Gasteiger partial charge is 0.349 e. The minimum atomic E-state index is -0.0321. The Labute approximate surface area is 119 Å². The molecule has 4 nitrogen and oxygen atoms in total.